The van der Waals surface area contributed by atoms with E-state index >= 15 is 0 Å². The van der Waals surface area contributed by atoms with E-state index in [1.165, 1.54) is 24.3 Å². The minimum Gasteiger partial charge on any atom is -0.279 e. The zero-order chi connectivity index (χ0) is 24.1. The number of pyridine rings is 1. The number of carbonyl (C=O) groups excluding carboxylic acids is 2. The normalized spacial score (nSPS) is 13.9. The summed E-state index contributed by atoms with van der Waals surface area (Å²) in [6, 6.07) is 9.97. The number of amides is 2. The van der Waals surface area contributed by atoms with Crippen molar-refractivity contribution in [1.29, 1.82) is 0 Å². The van der Waals surface area contributed by atoms with Gasteiger partial charge in [0.25, 0.3) is 21.8 Å². The predicted octanol–water partition coefficient (Wildman–Crippen LogP) is 4.77. The number of fused-ring (bicyclic) bond motifs is 1. The van der Waals surface area contributed by atoms with E-state index in [4.69, 9.17) is 11.6 Å². The minimum absolute atomic E-state index is 0.0119. The van der Waals surface area contributed by atoms with Crippen molar-refractivity contribution in [3.63, 3.8) is 0 Å². The molecule has 0 fully saturated rings. The van der Waals surface area contributed by atoms with E-state index in [1.807, 2.05) is 20.8 Å². The molecule has 0 aliphatic carbocycles. The maximum absolute atomic E-state index is 13.6. The first-order chi connectivity index (χ1) is 15.4. The van der Waals surface area contributed by atoms with Crippen LogP contribution in [0.2, 0.25) is 5.02 Å². The monoisotopic (exact) mass is 487 g/mol. The maximum atomic E-state index is 13.6. The number of carbonyl (C=O) groups is 2. The molecule has 0 saturated carbocycles. The molecular formula is C23H19ClFN3O4S. The predicted molar refractivity (Wildman–Crippen MR) is 123 cm³/mol. The van der Waals surface area contributed by atoms with Crippen LogP contribution in [0.5, 0.6) is 0 Å². The van der Waals surface area contributed by atoms with Gasteiger partial charge < -0.3 is 0 Å². The molecule has 2 aromatic carbocycles. The molecule has 4 rings (SSSR count). The molecule has 2 heterocycles. The van der Waals surface area contributed by atoms with Crippen LogP contribution in [0.15, 0.2) is 59.8 Å². The molecule has 0 saturated heterocycles. The van der Waals surface area contributed by atoms with Crippen LogP contribution in [0, 0.1) is 5.82 Å². The van der Waals surface area contributed by atoms with E-state index in [9.17, 15) is 22.4 Å². The SMILES string of the molecule is CC(C)(C)c1ccc(S(=O)(=O)Nc2ccc(Cl)c3c2C(=O)N(c2cncc(F)c2)C3=O)cc1. The van der Waals surface area contributed by atoms with E-state index in [2.05, 4.69) is 9.71 Å². The summed E-state index contributed by atoms with van der Waals surface area (Å²) < 4.78 is 42.1. The van der Waals surface area contributed by atoms with E-state index in [0.717, 1.165) is 24.0 Å². The Labute approximate surface area is 195 Å². The number of nitrogens with zero attached hydrogens (tertiary/aromatic N) is 2. The topological polar surface area (TPSA) is 96.4 Å². The Morgan fingerprint density at radius 1 is 0.970 bits per heavy atom. The molecule has 7 nitrogen and oxygen atoms in total. The van der Waals surface area contributed by atoms with Crippen molar-refractivity contribution in [2.45, 2.75) is 31.1 Å². The summed E-state index contributed by atoms with van der Waals surface area (Å²) in [4.78, 5) is 30.4. The lowest BCUT2D eigenvalue weighted by Gasteiger charge is -2.19. The van der Waals surface area contributed by atoms with Gasteiger partial charge in [0.15, 0.2) is 0 Å². The second-order valence-corrected chi connectivity index (χ2v) is 10.6. The van der Waals surface area contributed by atoms with E-state index in [-0.39, 0.29) is 37.8 Å². The second kappa shape index (κ2) is 7.93. The number of anilines is 2. The largest absolute Gasteiger partial charge is 0.279 e. The number of hydrogen-bond acceptors (Lipinski definition) is 5. The lowest BCUT2D eigenvalue weighted by molar-refractivity contribution is 0.0926. The summed E-state index contributed by atoms with van der Waals surface area (Å²) in [5.41, 5.74) is 0.201. The van der Waals surface area contributed by atoms with Crippen LogP contribution in [-0.2, 0) is 15.4 Å². The van der Waals surface area contributed by atoms with E-state index < -0.39 is 27.7 Å². The molecule has 0 bridgehead atoms. The number of benzene rings is 2. The van der Waals surface area contributed by atoms with Crippen LogP contribution < -0.4 is 9.62 Å². The smallest absolute Gasteiger partial charge is 0.268 e. The molecule has 2 amide bonds. The van der Waals surface area contributed by atoms with Crippen molar-refractivity contribution in [3.8, 4) is 0 Å². The van der Waals surface area contributed by atoms with Gasteiger partial charge in [0, 0.05) is 6.07 Å². The molecule has 10 heteroatoms. The van der Waals surface area contributed by atoms with Crippen molar-refractivity contribution in [3.05, 3.63) is 82.4 Å². The van der Waals surface area contributed by atoms with Crippen molar-refractivity contribution in [1.82, 2.24) is 4.98 Å². The summed E-state index contributed by atoms with van der Waals surface area (Å²) in [5, 5.41) is -0.0345. The fraction of sp³-hybridized carbons (Fsp3) is 0.174. The number of hydrogen-bond donors (Lipinski definition) is 1. The highest BCUT2D eigenvalue weighted by Crippen LogP contribution is 2.37. The molecule has 33 heavy (non-hydrogen) atoms. The van der Waals surface area contributed by atoms with Crippen LogP contribution in [0.4, 0.5) is 15.8 Å². The summed E-state index contributed by atoms with van der Waals surface area (Å²) >= 11 is 6.17. The average molecular weight is 488 g/mol. The Balaban J connectivity index is 1.74. The van der Waals surface area contributed by atoms with Gasteiger partial charge in [-0.3, -0.25) is 19.3 Å². The van der Waals surface area contributed by atoms with Gasteiger partial charge >= 0.3 is 0 Å². The van der Waals surface area contributed by atoms with Gasteiger partial charge in [-0.05, 0) is 35.2 Å². The number of aromatic nitrogens is 1. The first-order valence-corrected chi connectivity index (χ1v) is 11.7. The third-order valence-electron chi connectivity index (χ3n) is 5.21. The van der Waals surface area contributed by atoms with Gasteiger partial charge in [-0.25, -0.2) is 17.7 Å². The van der Waals surface area contributed by atoms with Gasteiger partial charge in [0.1, 0.15) is 5.82 Å². The fourth-order valence-electron chi connectivity index (χ4n) is 3.50. The summed E-state index contributed by atoms with van der Waals surface area (Å²) in [7, 11) is -4.09. The number of imide groups is 1. The van der Waals surface area contributed by atoms with Crippen molar-refractivity contribution >= 4 is 44.8 Å². The molecule has 1 aliphatic heterocycles. The van der Waals surface area contributed by atoms with Crippen LogP contribution in [0.3, 0.4) is 0 Å². The Morgan fingerprint density at radius 3 is 2.21 bits per heavy atom. The highest BCUT2D eigenvalue weighted by molar-refractivity contribution is 7.92. The highest BCUT2D eigenvalue weighted by Gasteiger charge is 2.41. The third-order valence-corrected chi connectivity index (χ3v) is 6.91. The number of halogens is 2. The molecule has 3 aromatic rings. The Hall–Kier alpha value is -3.30. The molecule has 1 aromatic heterocycles. The second-order valence-electron chi connectivity index (χ2n) is 8.53. The van der Waals surface area contributed by atoms with Gasteiger partial charge in [-0.2, -0.15) is 0 Å². The molecule has 1 N–H and O–H groups in total. The van der Waals surface area contributed by atoms with Crippen LogP contribution >= 0.6 is 11.6 Å². The Morgan fingerprint density at radius 2 is 1.61 bits per heavy atom. The van der Waals surface area contributed by atoms with Gasteiger partial charge in [0.05, 0.1) is 44.8 Å². The molecule has 0 atom stereocenters. The molecule has 0 unspecified atom stereocenters. The lowest BCUT2D eigenvalue weighted by Crippen LogP contribution is -2.29. The minimum atomic E-state index is -4.09. The summed E-state index contributed by atoms with van der Waals surface area (Å²) in [6.07, 6.45) is 2.08. The zero-order valence-corrected chi connectivity index (χ0v) is 19.5. The average Bonchev–Trinajstić information content (AvgIpc) is 3.01. The molecule has 0 spiro atoms. The van der Waals surface area contributed by atoms with Gasteiger partial charge in [0.2, 0.25) is 0 Å². The van der Waals surface area contributed by atoms with Crippen LogP contribution in [-0.4, -0.2) is 25.2 Å². The Bertz CT molecular complexity index is 1400. The number of nitrogens with one attached hydrogen (secondary N) is 1. The third kappa shape index (κ3) is 4.09. The summed E-state index contributed by atoms with van der Waals surface area (Å²) in [5.74, 6) is -2.39. The Kier molecular flexibility index (Phi) is 5.50. The van der Waals surface area contributed by atoms with Crippen LogP contribution in [0.25, 0.3) is 0 Å². The highest BCUT2D eigenvalue weighted by atomic mass is 35.5. The molecule has 170 valence electrons. The van der Waals surface area contributed by atoms with Crippen molar-refractivity contribution in [2.75, 3.05) is 9.62 Å². The lowest BCUT2D eigenvalue weighted by atomic mass is 9.87. The molecular weight excluding hydrogens is 469 g/mol. The number of sulfonamides is 1. The molecule has 0 radical (unpaired) electrons. The van der Waals surface area contributed by atoms with Gasteiger partial charge in [-0.15, -0.1) is 0 Å². The zero-order valence-electron chi connectivity index (χ0n) is 17.9. The summed E-state index contributed by atoms with van der Waals surface area (Å²) in [6.45, 7) is 6.02. The fourth-order valence-corrected chi connectivity index (χ4v) is 4.81. The van der Waals surface area contributed by atoms with Crippen LogP contribution in [0.1, 0.15) is 47.1 Å². The van der Waals surface area contributed by atoms with Crippen molar-refractivity contribution < 1.29 is 22.4 Å². The van der Waals surface area contributed by atoms with E-state index in [0.29, 0.717) is 4.90 Å². The standard InChI is InChI=1S/C23H19ClFN3O4S/c1-23(2,3)13-4-6-16(7-5-13)33(31,32)27-18-9-8-17(24)19-20(18)22(30)28(21(19)29)15-10-14(25)11-26-12-15/h4-12,27H,1-3H3. The first kappa shape index (κ1) is 22.9. The first-order valence-electron chi connectivity index (χ1n) is 9.85. The van der Waals surface area contributed by atoms with E-state index in [1.54, 1.807) is 12.1 Å². The van der Waals surface area contributed by atoms with Gasteiger partial charge in [-0.1, -0.05) is 44.5 Å². The number of rotatable bonds is 4. The molecule has 1 aliphatic rings. The maximum Gasteiger partial charge on any atom is 0.268 e. The quantitative estimate of drug-likeness (QED) is 0.534. The van der Waals surface area contributed by atoms with Crippen molar-refractivity contribution in [2.24, 2.45) is 0 Å².